The van der Waals surface area contributed by atoms with Crippen LogP contribution < -0.4 is 0 Å². The number of alkyl halides is 2. The highest BCUT2D eigenvalue weighted by molar-refractivity contribution is 5.32. The molecule has 1 unspecified atom stereocenters. The van der Waals surface area contributed by atoms with Crippen molar-refractivity contribution in [2.45, 2.75) is 38.0 Å². The fraction of sp³-hybridized carbons (Fsp3) is 0.700. The first kappa shape index (κ1) is 9.62. The van der Waals surface area contributed by atoms with Gasteiger partial charge >= 0.3 is 0 Å². The van der Waals surface area contributed by atoms with Crippen molar-refractivity contribution < 1.29 is 8.78 Å². The van der Waals surface area contributed by atoms with E-state index in [-0.39, 0.29) is 12.3 Å². The fourth-order valence-corrected chi connectivity index (χ4v) is 1.85. The van der Waals surface area contributed by atoms with Crippen LogP contribution in [0, 0.1) is 0 Å². The lowest BCUT2D eigenvalue weighted by Crippen LogP contribution is -2.04. The lowest BCUT2D eigenvalue weighted by Gasteiger charge is -2.07. The largest absolute Gasteiger partial charge is 0.272 e. The second-order valence-corrected chi connectivity index (χ2v) is 4.28. The van der Waals surface area contributed by atoms with Gasteiger partial charge in [-0.05, 0) is 11.5 Å². The molecule has 1 aromatic heterocycles. The normalized spacial score (nSPS) is 24.3. The Kier molecular flexibility index (Phi) is 1.91. The topological polar surface area (TPSA) is 17.8 Å². The Bertz CT molecular complexity index is 355. The van der Waals surface area contributed by atoms with Crippen molar-refractivity contribution in [3.05, 3.63) is 17.5 Å². The summed E-state index contributed by atoms with van der Waals surface area (Å²) in [5.41, 5.74) is 1.67. The standard InChI is InChI=1S/C10H14F2N2/c1-6(2)7-5-13-14(3)9(7)8-4-10(8,11)12/h5-6,8H,4H2,1-3H3. The van der Waals surface area contributed by atoms with Gasteiger partial charge in [0.2, 0.25) is 0 Å². The van der Waals surface area contributed by atoms with Gasteiger partial charge in [-0.1, -0.05) is 13.8 Å². The van der Waals surface area contributed by atoms with E-state index < -0.39 is 11.8 Å². The maximum absolute atomic E-state index is 12.9. The van der Waals surface area contributed by atoms with E-state index in [2.05, 4.69) is 5.10 Å². The van der Waals surface area contributed by atoms with Crippen LogP contribution in [0.25, 0.3) is 0 Å². The molecule has 0 aliphatic heterocycles. The second kappa shape index (κ2) is 2.78. The Morgan fingerprint density at radius 3 is 2.57 bits per heavy atom. The zero-order valence-corrected chi connectivity index (χ0v) is 8.59. The summed E-state index contributed by atoms with van der Waals surface area (Å²) in [6.45, 7) is 4.00. The smallest absolute Gasteiger partial charge is 0.257 e. The third-order valence-corrected chi connectivity index (χ3v) is 2.79. The number of rotatable bonds is 2. The molecule has 1 aromatic rings. The van der Waals surface area contributed by atoms with E-state index in [0.717, 1.165) is 5.56 Å². The van der Waals surface area contributed by atoms with Crippen LogP contribution in [-0.2, 0) is 7.05 Å². The molecule has 0 bridgehead atoms. The quantitative estimate of drug-likeness (QED) is 0.717. The summed E-state index contributed by atoms with van der Waals surface area (Å²) in [5.74, 6) is -2.85. The Hall–Kier alpha value is -0.930. The van der Waals surface area contributed by atoms with Crippen molar-refractivity contribution in [1.29, 1.82) is 0 Å². The molecule has 14 heavy (non-hydrogen) atoms. The number of aryl methyl sites for hydroxylation is 1. The van der Waals surface area contributed by atoms with Crippen molar-refractivity contribution in [3.63, 3.8) is 0 Å². The van der Waals surface area contributed by atoms with Crippen LogP contribution >= 0.6 is 0 Å². The maximum Gasteiger partial charge on any atom is 0.257 e. The molecule has 0 saturated heterocycles. The first-order valence-corrected chi connectivity index (χ1v) is 4.83. The Morgan fingerprint density at radius 2 is 2.14 bits per heavy atom. The van der Waals surface area contributed by atoms with Crippen molar-refractivity contribution in [2.24, 2.45) is 7.05 Å². The Labute approximate surface area is 81.9 Å². The summed E-state index contributed by atoms with van der Waals surface area (Å²) in [7, 11) is 1.73. The van der Waals surface area contributed by atoms with E-state index in [4.69, 9.17) is 0 Å². The summed E-state index contributed by atoms with van der Waals surface area (Å²) in [6, 6.07) is 0. The molecule has 0 N–H and O–H groups in total. The van der Waals surface area contributed by atoms with Gasteiger partial charge in [-0.25, -0.2) is 8.78 Å². The van der Waals surface area contributed by atoms with Crippen molar-refractivity contribution in [1.82, 2.24) is 9.78 Å². The van der Waals surface area contributed by atoms with Crippen LogP contribution in [0.1, 0.15) is 43.4 Å². The number of hydrogen-bond donors (Lipinski definition) is 0. The predicted molar refractivity (Wildman–Crippen MR) is 49.6 cm³/mol. The van der Waals surface area contributed by atoms with E-state index in [1.807, 2.05) is 13.8 Å². The highest BCUT2D eigenvalue weighted by Gasteiger charge is 2.59. The van der Waals surface area contributed by atoms with Gasteiger partial charge in [0.25, 0.3) is 5.92 Å². The number of halogens is 2. The van der Waals surface area contributed by atoms with E-state index >= 15 is 0 Å². The molecule has 0 amide bonds. The molecule has 2 rings (SSSR count). The van der Waals surface area contributed by atoms with E-state index in [9.17, 15) is 8.78 Å². The lowest BCUT2D eigenvalue weighted by atomic mass is 10.0. The van der Waals surface area contributed by atoms with Crippen LogP contribution in [0.15, 0.2) is 6.20 Å². The molecule has 1 atom stereocenters. The minimum absolute atomic E-state index is 0.0216. The van der Waals surface area contributed by atoms with Crippen LogP contribution in [-0.4, -0.2) is 15.7 Å². The summed E-state index contributed by atoms with van der Waals surface area (Å²) < 4.78 is 27.5. The van der Waals surface area contributed by atoms with Crippen LogP contribution in [0.2, 0.25) is 0 Å². The van der Waals surface area contributed by atoms with Gasteiger partial charge in [0.1, 0.15) is 0 Å². The van der Waals surface area contributed by atoms with Crippen molar-refractivity contribution >= 4 is 0 Å². The third-order valence-electron chi connectivity index (χ3n) is 2.79. The van der Waals surface area contributed by atoms with Gasteiger partial charge in [0.05, 0.1) is 17.8 Å². The molecule has 1 saturated carbocycles. The van der Waals surface area contributed by atoms with Gasteiger partial charge in [0.15, 0.2) is 0 Å². The molecule has 0 aromatic carbocycles. The Morgan fingerprint density at radius 1 is 1.57 bits per heavy atom. The minimum atomic E-state index is -2.50. The fourth-order valence-electron chi connectivity index (χ4n) is 1.85. The molecular weight excluding hydrogens is 186 g/mol. The summed E-state index contributed by atoms with van der Waals surface area (Å²) in [6.07, 6.45) is 1.68. The summed E-state index contributed by atoms with van der Waals surface area (Å²) >= 11 is 0. The molecule has 4 heteroatoms. The molecule has 78 valence electrons. The highest BCUT2D eigenvalue weighted by Crippen LogP contribution is 2.56. The van der Waals surface area contributed by atoms with Gasteiger partial charge < -0.3 is 0 Å². The molecule has 1 fully saturated rings. The predicted octanol–water partition coefficient (Wildman–Crippen LogP) is 2.67. The van der Waals surface area contributed by atoms with E-state index in [0.29, 0.717) is 5.69 Å². The molecule has 2 nitrogen and oxygen atoms in total. The first-order valence-electron chi connectivity index (χ1n) is 4.83. The number of nitrogens with zero attached hydrogens (tertiary/aromatic N) is 2. The third kappa shape index (κ3) is 1.33. The van der Waals surface area contributed by atoms with E-state index in [1.165, 1.54) is 0 Å². The van der Waals surface area contributed by atoms with Gasteiger partial charge in [0, 0.05) is 13.5 Å². The zero-order chi connectivity index (χ0) is 10.5. The average molecular weight is 200 g/mol. The molecule has 1 aliphatic rings. The van der Waals surface area contributed by atoms with Crippen LogP contribution in [0.4, 0.5) is 8.78 Å². The SMILES string of the molecule is CC(C)c1cnn(C)c1C1CC1(F)F. The second-order valence-electron chi connectivity index (χ2n) is 4.28. The maximum atomic E-state index is 12.9. The molecule has 0 radical (unpaired) electrons. The van der Waals surface area contributed by atoms with Crippen LogP contribution in [0.3, 0.4) is 0 Å². The number of aromatic nitrogens is 2. The zero-order valence-electron chi connectivity index (χ0n) is 8.59. The van der Waals surface area contributed by atoms with Crippen molar-refractivity contribution in [3.8, 4) is 0 Å². The average Bonchev–Trinajstić information content (AvgIpc) is 2.53. The van der Waals surface area contributed by atoms with E-state index in [1.54, 1.807) is 17.9 Å². The van der Waals surface area contributed by atoms with Gasteiger partial charge in [-0.3, -0.25) is 4.68 Å². The van der Waals surface area contributed by atoms with Gasteiger partial charge in [-0.15, -0.1) is 0 Å². The lowest BCUT2D eigenvalue weighted by molar-refractivity contribution is 0.110. The monoisotopic (exact) mass is 200 g/mol. The highest BCUT2D eigenvalue weighted by atomic mass is 19.3. The molecule has 1 heterocycles. The first-order chi connectivity index (χ1) is 6.43. The van der Waals surface area contributed by atoms with Crippen LogP contribution in [0.5, 0.6) is 0 Å². The Balaban J connectivity index is 2.37. The minimum Gasteiger partial charge on any atom is -0.272 e. The number of hydrogen-bond acceptors (Lipinski definition) is 1. The van der Waals surface area contributed by atoms with Crippen molar-refractivity contribution in [2.75, 3.05) is 0 Å². The summed E-state index contributed by atoms with van der Waals surface area (Å²) in [5, 5.41) is 4.05. The van der Waals surface area contributed by atoms with Gasteiger partial charge in [-0.2, -0.15) is 5.10 Å². The molecular formula is C10H14F2N2. The summed E-state index contributed by atoms with van der Waals surface area (Å²) in [4.78, 5) is 0. The molecule has 1 aliphatic carbocycles. The molecule has 0 spiro atoms.